The molecule has 1 aliphatic rings. The van der Waals surface area contributed by atoms with Crippen molar-refractivity contribution < 1.29 is 9.59 Å². The predicted molar refractivity (Wildman–Crippen MR) is 69.7 cm³/mol. The van der Waals surface area contributed by atoms with Gasteiger partial charge in [-0.05, 0) is 31.0 Å². The smallest absolute Gasteiger partial charge is 0.251 e. The first-order chi connectivity index (χ1) is 8.58. The van der Waals surface area contributed by atoms with E-state index in [0.29, 0.717) is 23.6 Å². The van der Waals surface area contributed by atoms with Crippen LogP contribution in [0.5, 0.6) is 0 Å². The maximum Gasteiger partial charge on any atom is 0.251 e. The van der Waals surface area contributed by atoms with Gasteiger partial charge in [0.15, 0.2) is 0 Å². The average Bonchev–Trinajstić information content (AvgIpc) is 2.76. The molecule has 1 fully saturated rings. The van der Waals surface area contributed by atoms with Crippen molar-refractivity contribution in [2.24, 2.45) is 0 Å². The van der Waals surface area contributed by atoms with Crippen LogP contribution in [0.1, 0.15) is 28.8 Å². The minimum absolute atomic E-state index is 0.0425. The molecule has 0 saturated carbocycles. The van der Waals surface area contributed by atoms with Gasteiger partial charge in [0, 0.05) is 29.6 Å². The Labute approximate surface area is 111 Å². The number of rotatable bonds is 3. The molecular weight excluding hydrogens is 252 g/mol. The van der Waals surface area contributed by atoms with Gasteiger partial charge in [-0.25, -0.2) is 0 Å². The molecule has 96 valence electrons. The molecule has 1 unspecified atom stereocenters. The van der Waals surface area contributed by atoms with Crippen LogP contribution >= 0.6 is 11.6 Å². The van der Waals surface area contributed by atoms with E-state index in [0.717, 1.165) is 12.0 Å². The lowest BCUT2D eigenvalue weighted by atomic mass is 10.1. The lowest BCUT2D eigenvalue weighted by molar-refractivity contribution is -0.119. The van der Waals surface area contributed by atoms with Crippen molar-refractivity contribution >= 4 is 23.4 Å². The quantitative estimate of drug-likeness (QED) is 0.874. The molecule has 1 aromatic carbocycles. The molecule has 18 heavy (non-hydrogen) atoms. The normalized spacial score (nSPS) is 18.6. The van der Waals surface area contributed by atoms with E-state index in [9.17, 15) is 9.59 Å². The highest BCUT2D eigenvalue weighted by atomic mass is 35.5. The minimum Gasteiger partial charge on any atom is -0.352 e. The largest absolute Gasteiger partial charge is 0.352 e. The van der Waals surface area contributed by atoms with E-state index in [2.05, 4.69) is 10.6 Å². The van der Waals surface area contributed by atoms with Crippen LogP contribution < -0.4 is 10.6 Å². The molecule has 2 amide bonds. The van der Waals surface area contributed by atoms with Crippen LogP contribution in [0.25, 0.3) is 0 Å². The van der Waals surface area contributed by atoms with Crippen molar-refractivity contribution in [3.63, 3.8) is 0 Å². The zero-order valence-corrected chi connectivity index (χ0v) is 10.9. The van der Waals surface area contributed by atoms with Crippen LogP contribution in [0.15, 0.2) is 18.2 Å². The van der Waals surface area contributed by atoms with E-state index in [4.69, 9.17) is 11.6 Å². The first kappa shape index (κ1) is 12.9. The number of hydrogen-bond acceptors (Lipinski definition) is 2. The highest BCUT2D eigenvalue weighted by molar-refractivity contribution is 6.31. The fraction of sp³-hybridized carbons (Fsp3) is 0.385. The van der Waals surface area contributed by atoms with Crippen LogP contribution in [0.2, 0.25) is 5.02 Å². The molecule has 1 heterocycles. The molecule has 1 aliphatic heterocycles. The van der Waals surface area contributed by atoms with Gasteiger partial charge in [-0.3, -0.25) is 9.59 Å². The fourth-order valence-corrected chi connectivity index (χ4v) is 2.17. The lowest BCUT2D eigenvalue weighted by Crippen LogP contribution is -2.38. The van der Waals surface area contributed by atoms with E-state index in [1.165, 1.54) is 0 Å². The van der Waals surface area contributed by atoms with Crippen molar-refractivity contribution in [2.45, 2.75) is 25.8 Å². The number of amides is 2. The van der Waals surface area contributed by atoms with Crippen molar-refractivity contribution in [1.82, 2.24) is 10.6 Å². The Morgan fingerprint density at radius 3 is 3.00 bits per heavy atom. The minimum atomic E-state index is -0.156. The van der Waals surface area contributed by atoms with Gasteiger partial charge in [0.05, 0.1) is 0 Å². The number of benzene rings is 1. The van der Waals surface area contributed by atoms with E-state index in [-0.39, 0.29) is 17.9 Å². The molecule has 0 bridgehead atoms. The molecule has 2 rings (SSSR count). The van der Waals surface area contributed by atoms with Gasteiger partial charge in [-0.2, -0.15) is 0 Å². The molecule has 1 aromatic rings. The molecule has 1 atom stereocenters. The van der Waals surface area contributed by atoms with Crippen LogP contribution in [-0.4, -0.2) is 24.4 Å². The lowest BCUT2D eigenvalue weighted by Gasteiger charge is -2.12. The van der Waals surface area contributed by atoms with Gasteiger partial charge in [0.25, 0.3) is 5.91 Å². The summed E-state index contributed by atoms with van der Waals surface area (Å²) in [5, 5.41) is 6.20. The van der Waals surface area contributed by atoms with Gasteiger partial charge in [0.1, 0.15) is 0 Å². The van der Waals surface area contributed by atoms with Gasteiger partial charge < -0.3 is 10.6 Å². The second kappa shape index (κ2) is 5.40. The van der Waals surface area contributed by atoms with E-state index in [1.807, 2.05) is 6.92 Å². The second-order valence-corrected chi connectivity index (χ2v) is 4.83. The molecule has 0 aliphatic carbocycles. The Balaban J connectivity index is 1.95. The highest BCUT2D eigenvalue weighted by Gasteiger charge is 2.21. The van der Waals surface area contributed by atoms with E-state index < -0.39 is 0 Å². The first-order valence-electron chi connectivity index (χ1n) is 5.90. The summed E-state index contributed by atoms with van der Waals surface area (Å²) in [6.45, 7) is 2.27. The first-order valence-corrected chi connectivity index (χ1v) is 6.28. The Hall–Kier alpha value is -1.55. The van der Waals surface area contributed by atoms with E-state index >= 15 is 0 Å². The number of halogens is 1. The van der Waals surface area contributed by atoms with Crippen molar-refractivity contribution in [3.05, 3.63) is 34.3 Å². The standard InChI is InChI=1S/C13H15ClN2O2/c1-8-10(3-2-4-11(8)14)13(18)15-7-9-5-6-12(17)16-9/h2-4,9H,5-7H2,1H3,(H,15,18)(H,16,17). The summed E-state index contributed by atoms with van der Waals surface area (Å²) in [6, 6.07) is 5.29. The van der Waals surface area contributed by atoms with Crippen molar-refractivity contribution in [1.29, 1.82) is 0 Å². The zero-order valence-electron chi connectivity index (χ0n) is 10.1. The van der Waals surface area contributed by atoms with Crippen molar-refractivity contribution in [2.75, 3.05) is 6.54 Å². The number of carbonyl (C=O) groups is 2. The van der Waals surface area contributed by atoms with Gasteiger partial charge in [-0.1, -0.05) is 17.7 Å². The third kappa shape index (κ3) is 2.82. The molecule has 0 spiro atoms. The summed E-state index contributed by atoms with van der Waals surface area (Å²) >= 11 is 5.97. The van der Waals surface area contributed by atoms with Gasteiger partial charge >= 0.3 is 0 Å². The third-order valence-corrected chi connectivity index (χ3v) is 3.52. The summed E-state index contributed by atoms with van der Waals surface area (Å²) in [7, 11) is 0. The second-order valence-electron chi connectivity index (χ2n) is 4.43. The Kier molecular flexibility index (Phi) is 3.87. The summed E-state index contributed by atoms with van der Waals surface area (Å²) in [6.07, 6.45) is 1.31. The summed E-state index contributed by atoms with van der Waals surface area (Å²) in [5.74, 6) is -0.107. The molecule has 0 aromatic heterocycles. The van der Waals surface area contributed by atoms with Gasteiger partial charge in [-0.15, -0.1) is 0 Å². The maximum atomic E-state index is 12.0. The maximum absolute atomic E-state index is 12.0. The SMILES string of the molecule is Cc1c(Cl)cccc1C(=O)NCC1CCC(=O)N1. The van der Waals surface area contributed by atoms with Crippen LogP contribution in [-0.2, 0) is 4.79 Å². The predicted octanol–water partition coefficient (Wildman–Crippen LogP) is 1.66. The Morgan fingerprint density at radius 1 is 1.56 bits per heavy atom. The molecular formula is C13H15ClN2O2. The molecule has 2 N–H and O–H groups in total. The number of carbonyl (C=O) groups excluding carboxylic acids is 2. The number of nitrogens with one attached hydrogen (secondary N) is 2. The Morgan fingerprint density at radius 2 is 2.33 bits per heavy atom. The molecule has 4 nitrogen and oxygen atoms in total. The van der Waals surface area contributed by atoms with E-state index in [1.54, 1.807) is 18.2 Å². The Bertz CT molecular complexity index is 488. The molecule has 0 radical (unpaired) electrons. The topological polar surface area (TPSA) is 58.2 Å². The number of hydrogen-bond donors (Lipinski definition) is 2. The summed E-state index contributed by atoms with van der Waals surface area (Å²) in [4.78, 5) is 23.0. The van der Waals surface area contributed by atoms with Gasteiger partial charge in [0.2, 0.25) is 5.91 Å². The van der Waals surface area contributed by atoms with Crippen molar-refractivity contribution in [3.8, 4) is 0 Å². The highest BCUT2D eigenvalue weighted by Crippen LogP contribution is 2.18. The van der Waals surface area contributed by atoms with Crippen LogP contribution in [0.4, 0.5) is 0 Å². The zero-order chi connectivity index (χ0) is 13.1. The third-order valence-electron chi connectivity index (χ3n) is 3.11. The monoisotopic (exact) mass is 266 g/mol. The molecule has 1 saturated heterocycles. The fourth-order valence-electron chi connectivity index (χ4n) is 2.00. The summed E-state index contributed by atoms with van der Waals surface area (Å²) < 4.78 is 0. The van der Waals surface area contributed by atoms with Crippen LogP contribution in [0.3, 0.4) is 0 Å². The summed E-state index contributed by atoms with van der Waals surface area (Å²) in [5.41, 5.74) is 1.35. The molecule has 5 heteroatoms. The van der Waals surface area contributed by atoms with Crippen LogP contribution in [0, 0.1) is 6.92 Å². The average molecular weight is 267 g/mol.